The van der Waals surface area contributed by atoms with Gasteiger partial charge in [-0.25, -0.2) is 0 Å². The summed E-state index contributed by atoms with van der Waals surface area (Å²) in [6, 6.07) is 19.5. The van der Waals surface area contributed by atoms with E-state index in [1.54, 1.807) is 0 Å². The van der Waals surface area contributed by atoms with Crippen LogP contribution in [0.5, 0.6) is 5.75 Å². The fraction of sp³-hybridized carbons (Fsp3) is 0.304. The second kappa shape index (κ2) is 8.70. The number of carbonyl (C=O) groups excluding carboxylic acids is 1. The number of benzene rings is 2. The first kappa shape index (κ1) is 19.5. The van der Waals surface area contributed by atoms with E-state index in [9.17, 15) is 4.79 Å². The molecule has 1 unspecified atom stereocenters. The standard InChI is InChI=1S/C23H24ClN3O2/c1-16(17-5-3-2-4-6-17)21-15-22(26-25-21)23(28)27-13-11-20(12-14-27)29-19-9-7-18(24)8-10-19/h2-10,15-16,20H,11-14H2,1H3,(H,25,26). The van der Waals surface area contributed by atoms with Crippen LogP contribution in [0.3, 0.4) is 0 Å². The smallest absolute Gasteiger partial charge is 0.274 e. The highest BCUT2D eigenvalue weighted by Crippen LogP contribution is 2.24. The van der Waals surface area contributed by atoms with Crippen LogP contribution >= 0.6 is 11.6 Å². The topological polar surface area (TPSA) is 58.2 Å². The third-order valence-corrected chi connectivity index (χ3v) is 5.68. The number of likely N-dealkylation sites (tertiary alicyclic amines) is 1. The quantitative estimate of drug-likeness (QED) is 0.652. The normalized spacial score (nSPS) is 15.9. The molecule has 1 aromatic heterocycles. The highest BCUT2D eigenvalue weighted by Gasteiger charge is 2.26. The second-order valence-electron chi connectivity index (χ2n) is 7.40. The van der Waals surface area contributed by atoms with Gasteiger partial charge in [-0.3, -0.25) is 9.89 Å². The van der Waals surface area contributed by atoms with Gasteiger partial charge in [-0.15, -0.1) is 0 Å². The number of nitrogens with one attached hydrogen (secondary N) is 1. The van der Waals surface area contributed by atoms with Gasteiger partial charge in [0.15, 0.2) is 0 Å². The molecule has 1 fully saturated rings. The van der Waals surface area contributed by atoms with Crippen LogP contribution in [0.2, 0.25) is 5.02 Å². The average molecular weight is 410 g/mol. The number of H-pyrrole nitrogens is 1. The summed E-state index contributed by atoms with van der Waals surface area (Å²) in [6.45, 7) is 3.43. The molecule has 4 rings (SSSR count). The third-order valence-electron chi connectivity index (χ3n) is 5.43. The Morgan fingerprint density at radius 2 is 1.83 bits per heavy atom. The fourth-order valence-electron chi connectivity index (χ4n) is 3.63. The molecule has 150 valence electrons. The molecule has 1 aliphatic heterocycles. The predicted octanol–water partition coefficient (Wildman–Crippen LogP) is 4.90. The molecule has 5 nitrogen and oxygen atoms in total. The number of halogens is 1. The van der Waals surface area contributed by atoms with Crippen molar-refractivity contribution in [2.75, 3.05) is 13.1 Å². The minimum absolute atomic E-state index is 0.0299. The first-order valence-electron chi connectivity index (χ1n) is 9.92. The van der Waals surface area contributed by atoms with Crippen LogP contribution in [0.25, 0.3) is 0 Å². The minimum Gasteiger partial charge on any atom is -0.490 e. The minimum atomic E-state index is -0.0299. The zero-order valence-electron chi connectivity index (χ0n) is 16.3. The number of aromatic nitrogens is 2. The van der Waals surface area contributed by atoms with Gasteiger partial charge in [-0.1, -0.05) is 48.9 Å². The first-order valence-corrected chi connectivity index (χ1v) is 10.3. The zero-order valence-corrected chi connectivity index (χ0v) is 17.1. The van der Waals surface area contributed by atoms with Crippen molar-refractivity contribution >= 4 is 17.5 Å². The second-order valence-corrected chi connectivity index (χ2v) is 7.84. The molecule has 1 atom stereocenters. The number of aromatic amines is 1. The van der Waals surface area contributed by atoms with E-state index in [2.05, 4.69) is 29.3 Å². The van der Waals surface area contributed by atoms with Crippen molar-refractivity contribution < 1.29 is 9.53 Å². The van der Waals surface area contributed by atoms with Crippen LogP contribution in [-0.4, -0.2) is 40.2 Å². The molecule has 2 heterocycles. The number of rotatable bonds is 5. The Labute approximate surface area is 175 Å². The largest absolute Gasteiger partial charge is 0.490 e. The molecular formula is C23H24ClN3O2. The molecule has 0 aliphatic carbocycles. The molecule has 1 amide bonds. The highest BCUT2D eigenvalue weighted by atomic mass is 35.5. The molecule has 0 saturated carbocycles. The molecule has 0 bridgehead atoms. The summed E-state index contributed by atoms with van der Waals surface area (Å²) in [5, 5.41) is 8.00. The van der Waals surface area contributed by atoms with Gasteiger partial charge in [0.25, 0.3) is 5.91 Å². The molecule has 3 aromatic rings. The van der Waals surface area contributed by atoms with E-state index in [1.807, 2.05) is 53.4 Å². The summed E-state index contributed by atoms with van der Waals surface area (Å²) >= 11 is 5.91. The van der Waals surface area contributed by atoms with Gasteiger partial charge in [0.2, 0.25) is 0 Å². The van der Waals surface area contributed by atoms with Crippen molar-refractivity contribution in [3.63, 3.8) is 0 Å². The maximum atomic E-state index is 12.9. The molecule has 1 aliphatic rings. The molecule has 0 spiro atoms. The monoisotopic (exact) mass is 409 g/mol. The SMILES string of the molecule is CC(c1ccccc1)c1cc(C(=O)N2CCC(Oc3ccc(Cl)cc3)CC2)n[nH]1. The van der Waals surface area contributed by atoms with Crippen LogP contribution in [0.1, 0.15) is 47.4 Å². The lowest BCUT2D eigenvalue weighted by Crippen LogP contribution is -2.41. The Bertz CT molecular complexity index is 948. The lowest BCUT2D eigenvalue weighted by molar-refractivity contribution is 0.0590. The van der Waals surface area contributed by atoms with E-state index in [-0.39, 0.29) is 17.9 Å². The van der Waals surface area contributed by atoms with Gasteiger partial charge in [-0.2, -0.15) is 5.10 Å². The van der Waals surface area contributed by atoms with Gasteiger partial charge in [-0.05, 0) is 35.9 Å². The number of ether oxygens (including phenoxy) is 1. The summed E-state index contributed by atoms with van der Waals surface area (Å²) < 4.78 is 6.01. The molecule has 0 radical (unpaired) electrons. The summed E-state index contributed by atoms with van der Waals surface area (Å²) in [5.74, 6) is 0.937. The molecule has 1 saturated heterocycles. The lowest BCUT2D eigenvalue weighted by atomic mass is 9.98. The molecular weight excluding hydrogens is 386 g/mol. The number of amides is 1. The average Bonchev–Trinajstić information content (AvgIpc) is 3.26. The van der Waals surface area contributed by atoms with Crippen LogP contribution in [0.4, 0.5) is 0 Å². The molecule has 2 aromatic carbocycles. The van der Waals surface area contributed by atoms with E-state index in [0.29, 0.717) is 23.8 Å². The summed E-state index contributed by atoms with van der Waals surface area (Å²) in [6.07, 6.45) is 1.70. The van der Waals surface area contributed by atoms with Gasteiger partial charge >= 0.3 is 0 Å². The van der Waals surface area contributed by atoms with E-state index < -0.39 is 0 Å². The highest BCUT2D eigenvalue weighted by molar-refractivity contribution is 6.30. The van der Waals surface area contributed by atoms with Crippen LogP contribution in [0, 0.1) is 0 Å². The summed E-state index contributed by atoms with van der Waals surface area (Å²) in [5.41, 5.74) is 2.61. The Kier molecular flexibility index (Phi) is 5.86. The number of nitrogens with zero attached hydrogens (tertiary/aromatic N) is 2. The van der Waals surface area contributed by atoms with Gasteiger partial charge in [0, 0.05) is 42.6 Å². The van der Waals surface area contributed by atoms with Crippen LogP contribution in [-0.2, 0) is 0 Å². The van der Waals surface area contributed by atoms with Crippen molar-refractivity contribution in [1.29, 1.82) is 0 Å². The molecule has 1 N–H and O–H groups in total. The van der Waals surface area contributed by atoms with Crippen molar-refractivity contribution in [2.24, 2.45) is 0 Å². The Morgan fingerprint density at radius 1 is 1.14 bits per heavy atom. The van der Waals surface area contributed by atoms with Crippen molar-refractivity contribution in [3.8, 4) is 5.75 Å². The molecule has 6 heteroatoms. The number of hydrogen-bond donors (Lipinski definition) is 1. The number of hydrogen-bond acceptors (Lipinski definition) is 3. The predicted molar refractivity (Wildman–Crippen MR) is 114 cm³/mol. The Hall–Kier alpha value is -2.79. The Balaban J connectivity index is 1.34. The summed E-state index contributed by atoms with van der Waals surface area (Å²) in [7, 11) is 0. The molecule has 29 heavy (non-hydrogen) atoms. The zero-order chi connectivity index (χ0) is 20.2. The van der Waals surface area contributed by atoms with Crippen molar-refractivity contribution in [3.05, 3.63) is 82.6 Å². The lowest BCUT2D eigenvalue weighted by Gasteiger charge is -2.31. The fourth-order valence-corrected chi connectivity index (χ4v) is 3.76. The van der Waals surface area contributed by atoms with E-state index >= 15 is 0 Å². The van der Waals surface area contributed by atoms with E-state index in [4.69, 9.17) is 16.3 Å². The maximum absolute atomic E-state index is 12.9. The van der Waals surface area contributed by atoms with Crippen molar-refractivity contribution in [2.45, 2.75) is 31.8 Å². The van der Waals surface area contributed by atoms with Gasteiger partial charge in [0.1, 0.15) is 17.5 Å². The van der Waals surface area contributed by atoms with Gasteiger partial charge < -0.3 is 9.64 Å². The summed E-state index contributed by atoms with van der Waals surface area (Å²) in [4.78, 5) is 14.7. The van der Waals surface area contributed by atoms with Crippen LogP contribution in [0.15, 0.2) is 60.7 Å². The van der Waals surface area contributed by atoms with Crippen LogP contribution < -0.4 is 4.74 Å². The van der Waals surface area contributed by atoms with E-state index in [1.165, 1.54) is 5.56 Å². The number of piperidine rings is 1. The third kappa shape index (κ3) is 4.62. The number of carbonyl (C=O) groups is 1. The first-order chi connectivity index (χ1) is 14.1. The van der Waals surface area contributed by atoms with Crippen molar-refractivity contribution in [1.82, 2.24) is 15.1 Å². The van der Waals surface area contributed by atoms with E-state index in [0.717, 1.165) is 24.3 Å². The van der Waals surface area contributed by atoms with Gasteiger partial charge in [0.05, 0.1) is 0 Å². The Morgan fingerprint density at radius 3 is 2.52 bits per heavy atom. The maximum Gasteiger partial charge on any atom is 0.274 e.